The van der Waals surface area contributed by atoms with Crippen molar-refractivity contribution in [3.8, 4) is 5.75 Å². The Morgan fingerprint density at radius 1 is 1.30 bits per heavy atom. The van der Waals surface area contributed by atoms with Crippen LogP contribution in [-0.4, -0.2) is 44.0 Å². The van der Waals surface area contributed by atoms with Crippen LogP contribution in [0.25, 0.3) is 5.57 Å². The second-order valence-electron chi connectivity index (χ2n) is 4.92. The average molecular weight is 331 g/mol. The highest BCUT2D eigenvalue weighted by Crippen LogP contribution is 2.34. The van der Waals surface area contributed by atoms with Gasteiger partial charge in [-0.25, -0.2) is 0 Å². The van der Waals surface area contributed by atoms with Gasteiger partial charge in [0.1, 0.15) is 5.75 Å². The highest BCUT2D eigenvalue weighted by Gasteiger charge is 2.38. The molecule has 0 aromatic heterocycles. The first-order valence-electron chi connectivity index (χ1n) is 6.83. The quantitative estimate of drug-likeness (QED) is 0.830. The van der Waals surface area contributed by atoms with Crippen molar-refractivity contribution in [2.45, 2.75) is 19.6 Å². The second kappa shape index (κ2) is 6.49. The number of halogens is 3. The molecule has 1 atom stereocenters. The Kier molecular flexibility index (Phi) is 4.84. The lowest BCUT2D eigenvalue weighted by molar-refractivity contribution is -0.274. The summed E-state index contributed by atoms with van der Waals surface area (Å²) in [5.41, 5.74) is 0.420. The molecule has 0 aliphatic carbocycles. The SMILES string of the molecule is CCOC1OC(N(C)C)=C(c2cccc(OC(F)(F)F)c2)C1=O. The zero-order chi connectivity index (χ0) is 17.2. The summed E-state index contributed by atoms with van der Waals surface area (Å²) in [6, 6.07) is 5.19. The summed E-state index contributed by atoms with van der Waals surface area (Å²) in [5, 5.41) is 0. The molecule has 0 spiro atoms. The van der Waals surface area contributed by atoms with E-state index in [0.29, 0.717) is 0 Å². The Bertz CT molecular complexity index is 625. The summed E-state index contributed by atoms with van der Waals surface area (Å²) < 4.78 is 51.6. The second-order valence-corrected chi connectivity index (χ2v) is 4.92. The molecule has 0 fully saturated rings. The summed E-state index contributed by atoms with van der Waals surface area (Å²) in [4.78, 5) is 14.0. The van der Waals surface area contributed by atoms with Crippen molar-refractivity contribution in [2.75, 3.05) is 20.7 Å². The smallest absolute Gasteiger partial charge is 0.441 e. The number of hydrogen-bond donors (Lipinski definition) is 0. The van der Waals surface area contributed by atoms with Gasteiger partial charge in [-0.05, 0) is 24.6 Å². The van der Waals surface area contributed by atoms with E-state index in [1.54, 1.807) is 25.9 Å². The third-order valence-corrected chi connectivity index (χ3v) is 2.97. The molecule has 1 aliphatic heterocycles. The molecule has 1 unspecified atom stereocenters. The molecular weight excluding hydrogens is 315 g/mol. The van der Waals surface area contributed by atoms with Crippen LogP contribution in [0.1, 0.15) is 12.5 Å². The molecule has 0 N–H and O–H groups in total. The fourth-order valence-corrected chi connectivity index (χ4v) is 2.14. The minimum atomic E-state index is -4.80. The first-order chi connectivity index (χ1) is 10.7. The maximum absolute atomic E-state index is 12.4. The summed E-state index contributed by atoms with van der Waals surface area (Å²) in [7, 11) is 3.32. The number of Topliss-reactive ketones (excluding diaryl/α,β-unsaturated/α-hetero) is 1. The molecule has 0 bridgehead atoms. The van der Waals surface area contributed by atoms with E-state index in [2.05, 4.69) is 4.74 Å². The molecular formula is C15H16F3NO4. The van der Waals surface area contributed by atoms with Gasteiger partial charge in [0, 0.05) is 20.7 Å². The fourth-order valence-electron chi connectivity index (χ4n) is 2.14. The van der Waals surface area contributed by atoms with Gasteiger partial charge in [-0.3, -0.25) is 4.79 Å². The number of benzene rings is 1. The normalized spacial score (nSPS) is 18.2. The number of nitrogens with zero attached hydrogens (tertiary/aromatic N) is 1. The predicted octanol–water partition coefficient (Wildman–Crippen LogP) is 2.78. The van der Waals surface area contributed by atoms with Crippen LogP contribution < -0.4 is 4.74 Å². The average Bonchev–Trinajstić information content (AvgIpc) is 2.75. The molecule has 0 amide bonds. The molecule has 0 saturated heterocycles. The van der Waals surface area contributed by atoms with Crippen molar-refractivity contribution >= 4 is 11.4 Å². The van der Waals surface area contributed by atoms with E-state index in [1.165, 1.54) is 12.1 Å². The summed E-state index contributed by atoms with van der Waals surface area (Å²) in [6.07, 6.45) is -5.90. The minimum absolute atomic E-state index is 0.154. The zero-order valence-corrected chi connectivity index (χ0v) is 12.8. The van der Waals surface area contributed by atoms with Crippen molar-refractivity contribution in [3.63, 3.8) is 0 Å². The molecule has 0 radical (unpaired) electrons. The number of ketones is 1. The van der Waals surface area contributed by atoms with E-state index in [0.717, 1.165) is 12.1 Å². The maximum Gasteiger partial charge on any atom is 0.573 e. The van der Waals surface area contributed by atoms with Gasteiger partial charge in [-0.1, -0.05) is 12.1 Å². The fraction of sp³-hybridized carbons (Fsp3) is 0.400. The topological polar surface area (TPSA) is 48.0 Å². The Hall–Kier alpha value is -2.22. The van der Waals surface area contributed by atoms with Crippen molar-refractivity contribution in [1.82, 2.24) is 4.90 Å². The van der Waals surface area contributed by atoms with Crippen LogP contribution in [0.4, 0.5) is 13.2 Å². The molecule has 23 heavy (non-hydrogen) atoms. The lowest BCUT2D eigenvalue weighted by Crippen LogP contribution is -2.22. The number of hydrogen-bond acceptors (Lipinski definition) is 5. The van der Waals surface area contributed by atoms with Gasteiger partial charge in [-0.15, -0.1) is 13.2 Å². The summed E-state index contributed by atoms with van der Waals surface area (Å²) in [6.45, 7) is 1.98. The van der Waals surface area contributed by atoms with Crippen molar-refractivity contribution < 1.29 is 32.2 Å². The number of carbonyl (C=O) groups is 1. The summed E-state index contributed by atoms with van der Waals surface area (Å²) in [5.74, 6) is -0.620. The van der Waals surface area contributed by atoms with Crippen LogP contribution in [0.2, 0.25) is 0 Å². The van der Waals surface area contributed by atoms with E-state index in [4.69, 9.17) is 9.47 Å². The molecule has 5 nitrogen and oxygen atoms in total. The number of ether oxygens (including phenoxy) is 3. The Balaban J connectivity index is 2.39. The monoisotopic (exact) mass is 331 g/mol. The lowest BCUT2D eigenvalue weighted by atomic mass is 10.0. The van der Waals surface area contributed by atoms with E-state index in [-0.39, 0.29) is 23.6 Å². The third-order valence-electron chi connectivity index (χ3n) is 2.97. The van der Waals surface area contributed by atoms with E-state index in [1.807, 2.05) is 0 Å². The predicted molar refractivity (Wildman–Crippen MR) is 75.2 cm³/mol. The van der Waals surface area contributed by atoms with E-state index in [9.17, 15) is 18.0 Å². The number of rotatable bonds is 5. The largest absolute Gasteiger partial charge is 0.573 e. The van der Waals surface area contributed by atoms with Crippen LogP contribution >= 0.6 is 0 Å². The highest BCUT2D eigenvalue weighted by atomic mass is 19.4. The molecule has 2 rings (SSSR count). The molecule has 1 aromatic rings. The van der Waals surface area contributed by atoms with Crippen molar-refractivity contribution in [2.24, 2.45) is 0 Å². The van der Waals surface area contributed by atoms with Crippen LogP contribution in [0.5, 0.6) is 5.75 Å². The first kappa shape index (κ1) is 17.1. The van der Waals surface area contributed by atoms with Crippen molar-refractivity contribution in [1.29, 1.82) is 0 Å². The molecule has 1 aliphatic rings. The van der Waals surface area contributed by atoms with Gasteiger partial charge in [0.05, 0.1) is 5.57 Å². The first-order valence-corrected chi connectivity index (χ1v) is 6.83. The van der Waals surface area contributed by atoms with E-state index < -0.39 is 24.2 Å². The molecule has 8 heteroatoms. The van der Waals surface area contributed by atoms with Gasteiger partial charge in [0.2, 0.25) is 11.7 Å². The van der Waals surface area contributed by atoms with Crippen molar-refractivity contribution in [3.05, 3.63) is 35.7 Å². The van der Waals surface area contributed by atoms with E-state index >= 15 is 0 Å². The van der Waals surface area contributed by atoms with Gasteiger partial charge in [-0.2, -0.15) is 0 Å². The van der Waals surface area contributed by atoms with Crippen LogP contribution in [0, 0.1) is 0 Å². The minimum Gasteiger partial charge on any atom is -0.441 e. The summed E-state index contributed by atoms with van der Waals surface area (Å²) >= 11 is 0. The maximum atomic E-state index is 12.4. The Labute approximate surface area is 131 Å². The lowest BCUT2D eigenvalue weighted by Gasteiger charge is -2.16. The molecule has 0 saturated carbocycles. The van der Waals surface area contributed by atoms with Gasteiger partial charge >= 0.3 is 6.36 Å². The van der Waals surface area contributed by atoms with Crippen LogP contribution in [0.15, 0.2) is 30.1 Å². The van der Waals surface area contributed by atoms with Gasteiger partial charge in [0.25, 0.3) is 6.29 Å². The highest BCUT2D eigenvalue weighted by molar-refractivity contribution is 6.24. The Morgan fingerprint density at radius 2 is 2.00 bits per heavy atom. The number of alkyl halides is 3. The van der Waals surface area contributed by atoms with Crippen LogP contribution in [-0.2, 0) is 14.3 Å². The molecule has 1 heterocycles. The van der Waals surface area contributed by atoms with Gasteiger partial charge < -0.3 is 19.1 Å². The third kappa shape index (κ3) is 3.95. The zero-order valence-electron chi connectivity index (χ0n) is 12.8. The molecule has 1 aromatic carbocycles. The Morgan fingerprint density at radius 3 is 2.57 bits per heavy atom. The standard InChI is InChI=1S/C15H16F3NO4/c1-4-21-14-12(20)11(13(22-14)19(2)3)9-6-5-7-10(8-9)23-15(16,17)18/h5-8,14H,4H2,1-3H3. The number of carbonyl (C=O) groups excluding carboxylic acids is 1. The van der Waals surface area contributed by atoms with Crippen LogP contribution in [0.3, 0.4) is 0 Å². The molecule has 126 valence electrons. The van der Waals surface area contributed by atoms with Gasteiger partial charge in [0.15, 0.2) is 0 Å².